The Morgan fingerprint density at radius 2 is 1.95 bits per heavy atom. The van der Waals surface area contributed by atoms with E-state index in [0.29, 0.717) is 13.1 Å². The first kappa shape index (κ1) is 15.9. The highest BCUT2D eigenvalue weighted by molar-refractivity contribution is 7.11. The number of aromatic nitrogens is 1. The number of hydrogen-bond donors (Lipinski definition) is 1. The summed E-state index contributed by atoms with van der Waals surface area (Å²) in [5, 5.41) is 4.12. The van der Waals surface area contributed by atoms with Crippen molar-refractivity contribution in [1.29, 1.82) is 0 Å². The first-order chi connectivity index (χ1) is 9.88. The van der Waals surface area contributed by atoms with Crippen molar-refractivity contribution in [3.63, 3.8) is 0 Å². The standard InChI is InChI=1S/C15H23N3O2S/c1-9-14(21-11(3)16-9)10(2)17-15(20)13-5-7-18(8-6-13)12(4)19/h10,13H,5-8H2,1-4H3,(H,17,20)/t10-/m1/s1. The van der Waals surface area contributed by atoms with E-state index in [1.807, 2.05) is 25.7 Å². The van der Waals surface area contributed by atoms with Crippen LogP contribution in [0.2, 0.25) is 0 Å². The molecule has 1 aromatic heterocycles. The lowest BCUT2D eigenvalue weighted by atomic mass is 9.95. The maximum absolute atomic E-state index is 12.3. The maximum Gasteiger partial charge on any atom is 0.223 e. The quantitative estimate of drug-likeness (QED) is 0.931. The topological polar surface area (TPSA) is 62.3 Å². The fourth-order valence-corrected chi connectivity index (χ4v) is 3.73. The van der Waals surface area contributed by atoms with E-state index in [9.17, 15) is 9.59 Å². The van der Waals surface area contributed by atoms with Gasteiger partial charge in [0.1, 0.15) is 0 Å². The minimum absolute atomic E-state index is 0.00506. The monoisotopic (exact) mass is 309 g/mol. The highest BCUT2D eigenvalue weighted by Crippen LogP contribution is 2.25. The van der Waals surface area contributed by atoms with E-state index in [-0.39, 0.29) is 23.8 Å². The summed E-state index contributed by atoms with van der Waals surface area (Å²) in [7, 11) is 0. The Kier molecular flexibility index (Phi) is 4.98. The van der Waals surface area contributed by atoms with Crippen LogP contribution in [0.5, 0.6) is 0 Å². The van der Waals surface area contributed by atoms with Crippen LogP contribution in [-0.2, 0) is 9.59 Å². The molecule has 0 unspecified atom stereocenters. The lowest BCUT2D eigenvalue weighted by Gasteiger charge is -2.31. The van der Waals surface area contributed by atoms with Crippen molar-refractivity contribution < 1.29 is 9.59 Å². The van der Waals surface area contributed by atoms with Gasteiger partial charge >= 0.3 is 0 Å². The number of amides is 2. The van der Waals surface area contributed by atoms with Crippen molar-refractivity contribution in [1.82, 2.24) is 15.2 Å². The molecule has 0 radical (unpaired) electrons. The van der Waals surface area contributed by atoms with Gasteiger partial charge in [-0.05, 0) is 33.6 Å². The molecular weight excluding hydrogens is 286 g/mol. The Bertz CT molecular complexity index is 533. The first-order valence-electron chi connectivity index (χ1n) is 7.38. The third kappa shape index (κ3) is 3.81. The largest absolute Gasteiger partial charge is 0.348 e. The number of nitrogens with zero attached hydrogens (tertiary/aromatic N) is 2. The average Bonchev–Trinajstić information content (AvgIpc) is 2.77. The lowest BCUT2D eigenvalue weighted by molar-refractivity contribution is -0.134. The lowest BCUT2D eigenvalue weighted by Crippen LogP contribution is -2.42. The Morgan fingerprint density at radius 3 is 2.43 bits per heavy atom. The number of carbonyl (C=O) groups is 2. The van der Waals surface area contributed by atoms with Crippen LogP contribution in [0, 0.1) is 19.8 Å². The van der Waals surface area contributed by atoms with Gasteiger partial charge in [-0.1, -0.05) is 0 Å². The van der Waals surface area contributed by atoms with Crippen LogP contribution in [0.4, 0.5) is 0 Å². The molecule has 1 N–H and O–H groups in total. The minimum atomic E-state index is -0.00506. The van der Waals surface area contributed by atoms with Crippen LogP contribution in [0.1, 0.15) is 48.3 Å². The summed E-state index contributed by atoms with van der Waals surface area (Å²) in [5.74, 6) is 0.200. The molecule has 1 aliphatic heterocycles. The van der Waals surface area contributed by atoms with E-state index in [4.69, 9.17) is 0 Å². The zero-order valence-corrected chi connectivity index (χ0v) is 13.9. The molecule has 5 nitrogen and oxygen atoms in total. The van der Waals surface area contributed by atoms with Crippen LogP contribution in [0.25, 0.3) is 0 Å². The molecule has 2 amide bonds. The molecule has 1 aliphatic rings. The molecule has 0 saturated carbocycles. The van der Waals surface area contributed by atoms with Gasteiger partial charge in [-0.3, -0.25) is 9.59 Å². The van der Waals surface area contributed by atoms with E-state index in [1.165, 1.54) is 0 Å². The molecule has 1 saturated heterocycles. The fourth-order valence-electron chi connectivity index (χ4n) is 2.80. The maximum atomic E-state index is 12.3. The summed E-state index contributed by atoms with van der Waals surface area (Å²) < 4.78 is 0. The molecule has 1 atom stereocenters. The molecule has 1 fully saturated rings. The second kappa shape index (κ2) is 6.56. The number of piperidine rings is 1. The molecular formula is C15H23N3O2S. The molecule has 0 aromatic carbocycles. The molecule has 2 heterocycles. The summed E-state index contributed by atoms with van der Waals surface area (Å²) in [6.07, 6.45) is 1.50. The van der Waals surface area contributed by atoms with Gasteiger partial charge in [0, 0.05) is 30.8 Å². The predicted molar refractivity (Wildman–Crippen MR) is 83.1 cm³/mol. The van der Waals surface area contributed by atoms with Crippen LogP contribution in [-0.4, -0.2) is 34.8 Å². The van der Waals surface area contributed by atoms with Gasteiger partial charge in [-0.15, -0.1) is 11.3 Å². The van der Waals surface area contributed by atoms with Gasteiger partial charge < -0.3 is 10.2 Å². The average molecular weight is 309 g/mol. The highest BCUT2D eigenvalue weighted by atomic mass is 32.1. The number of aryl methyl sites for hydroxylation is 2. The van der Waals surface area contributed by atoms with E-state index >= 15 is 0 Å². The number of thiazole rings is 1. The molecule has 0 bridgehead atoms. The summed E-state index contributed by atoms with van der Waals surface area (Å²) in [5.41, 5.74) is 0.997. The second-order valence-corrected chi connectivity index (χ2v) is 6.93. The molecule has 2 rings (SSSR count). The number of likely N-dealkylation sites (tertiary alicyclic amines) is 1. The summed E-state index contributed by atoms with van der Waals surface area (Å²) in [6.45, 7) is 8.90. The Hall–Kier alpha value is -1.43. The Morgan fingerprint density at radius 1 is 1.33 bits per heavy atom. The molecule has 0 aliphatic carbocycles. The molecule has 0 spiro atoms. The van der Waals surface area contributed by atoms with E-state index < -0.39 is 0 Å². The first-order valence-corrected chi connectivity index (χ1v) is 8.20. The highest BCUT2D eigenvalue weighted by Gasteiger charge is 2.27. The van der Waals surface area contributed by atoms with Crippen LogP contribution in [0.15, 0.2) is 0 Å². The van der Waals surface area contributed by atoms with Gasteiger partial charge in [-0.25, -0.2) is 4.98 Å². The zero-order chi connectivity index (χ0) is 15.6. The summed E-state index contributed by atoms with van der Waals surface area (Å²) >= 11 is 1.64. The van der Waals surface area contributed by atoms with Gasteiger partial charge in [0.05, 0.1) is 16.7 Å². The van der Waals surface area contributed by atoms with Crippen molar-refractivity contribution in [3.8, 4) is 0 Å². The summed E-state index contributed by atoms with van der Waals surface area (Å²) in [6, 6.07) is -0.00506. The normalized spacial score (nSPS) is 17.6. The second-order valence-electron chi connectivity index (χ2n) is 5.69. The number of nitrogens with one attached hydrogen (secondary N) is 1. The smallest absolute Gasteiger partial charge is 0.223 e. The number of rotatable bonds is 3. The molecule has 116 valence electrons. The van der Waals surface area contributed by atoms with Crippen LogP contribution >= 0.6 is 11.3 Å². The SMILES string of the molecule is CC(=O)N1CCC(C(=O)N[C@H](C)c2sc(C)nc2C)CC1. The van der Waals surface area contributed by atoms with Crippen molar-refractivity contribution in [2.45, 2.75) is 46.6 Å². The van der Waals surface area contributed by atoms with Gasteiger partial charge in [-0.2, -0.15) is 0 Å². The number of carbonyl (C=O) groups excluding carboxylic acids is 2. The summed E-state index contributed by atoms with van der Waals surface area (Å²) in [4.78, 5) is 31.0. The minimum Gasteiger partial charge on any atom is -0.348 e. The van der Waals surface area contributed by atoms with Crippen molar-refractivity contribution in [3.05, 3.63) is 15.6 Å². The molecule has 1 aromatic rings. The molecule has 6 heteroatoms. The molecule has 21 heavy (non-hydrogen) atoms. The Labute approximate surface area is 129 Å². The van der Waals surface area contributed by atoms with Gasteiger partial charge in [0.15, 0.2) is 0 Å². The van der Waals surface area contributed by atoms with Gasteiger partial charge in [0.25, 0.3) is 0 Å². The number of hydrogen-bond acceptors (Lipinski definition) is 4. The van der Waals surface area contributed by atoms with E-state index in [2.05, 4.69) is 10.3 Å². The third-order valence-corrected chi connectivity index (χ3v) is 5.26. The fraction of sp³-hybridized carbons (Fsp3) is 0.667. The van der Waals surface area contributed by atoms with Crippen molar-refractivity contribution >= 4 is 23.2 Å². The van der Waals surface area contributed by atoms with Crippen molar-refractivity contribution in [2.75, 3.05) is 13.1 Å². The van der Waals surface area contributed by atoms with Gasteiger partial charge in [0.2, 0.25) is 11.8 Å². The van der Waals surface area contributed by atoms with Crippen molar-refractivity contribution in [2.24, 2.45) is 5.92 Å². The zero-order valence-electron chi connectivity index (χ0n) is 13.1. The predicted octanol–water partition coefficient (Wildman–Crippen LogP) is 2.20. The van der Waals surface area contributed by atoms with Crippen LogP contribution in [0.3, 0.4) is 0 Å². The third-order valence-electron chi connectivity index (χ3n) is 4.00. The van der Waals surface area contributed by atoms with Crippen LogP contribution < -0.4 is 5.32 Å². The Balaban J connectivity index is 1.90. The van der Waals surface area contributed by atoms with E-state index in [1.54, 1.807) is 18.3 Å². The van der Waals surface area contributed by atoms with E-state index in [0.717, 1.165) is 28.4 Å².